The van der Waals surface area contributed by atoms with Gasteiger partial charge >= 0.3 is 6.03 Å². The lowest BCUT2D eigenvalue weighted by atomic mass is 9.81. The van der Waals surface area contributed by atoms with Crippen LogP contribution in [0, 0.1) is 5.82 Å². The molecule has 8 nitrogen and oxygen atoms in total. The summed E-state index contributed by atoms with van der Waals surface area (Å²) in [4.78, 5) is 34.0. The van der Waals surface area contributed by atoms with Crippen molar-refractivity contribution in [1.29, 1.82) is 0 Å². The highest BCUT2D eigenvalue weighted by Gasteiger charge is 2.60. The number of hydrogen-bond acceptors (Lipinski definition) is 5. The first kappa shape index (κ1) is 25.1. The summed E-state index contributed by atoms with van der Waals surface area (Å²) in [7, 11) is 1.41. The Kier molecular flexibility index (Phi) is 5.94. The number of phenolic OH excluding ortho intramolecular Hbond substituents is 1. The number of nitrogens with one attached hydrogen (secondary N) is 2. The number of aromatic amines is 1. The van der Waals surface area contributed by atoms with E-state index < -0.39 is 17.4 Å². The van der Waals surface area contributed by atoms with Gasteiger partial charge in [0.15, 0.2) is 11.6 Å². The zero-order chi connectivity index (χ0) is 26.7. The highest BCUT2D eigenvalue weighted by molar-refractivity contribution is 6.08. The number of imide groups is 1. The van der Waals surface area contributed by atoms with E-state index in [0.29, 0.717) is 36.3 Å². The molecule has 2 aliphatic heterocycles. The van der Waals surface area contributed by atoms with Crippen molar-refractivity contribution in [3.8, 4) is 11.5 Å². The lowest BCUT2D eigenvalue weighted by Crippen LogP contribution is -2.53. The molecule has 0 spiro atoms. The molecule has 1 saturated heterocycles. The van der Waals surface area contributed by atoms with Gasteiger partial charge < -0.3 is 20.1 Å². The van der Waals surface area contributed by atoms with E-state index in [4.69, 9.17) is 4.74 Å². The number of amides is 3. The second-order valence-electron chi connectivity index (χ2n) is 11.1. The van der Waals surface area contributed by atoms with Crippen LogP contribution in [0.5, 0.6) is 11.5 Å². The molecule has 0 bridgehead atoms. The number of methoxy groups -OCH3 is 1. The van der Waals surface area contributed by atoms with Crippen molar-refractivity contribution >= 4 is 22.8 Å². The molecular formula is C28H33FN4O4. The fraction of sp³-hybridized carbons (Fsp3) is 0.429. The quantitative estimate of drug-likeness (QED) is 0.337. The second-order valence-corrected chi connectivity index (χ2v) is 11.1. The third-order valence-electron chi connectivity index (χ3n) is 7.34. The number of halogens is 1. The van der Waals surface area contributed by atoms with E-state index in [1.807, 2.05) is 6.07 Å². The number of carbonyl (C=O) groups excluding carboxylic acids is 2. The summed E-state index contributed by atoms with van der Waals surface area (Å²) < 4.78 is 19.8. The first-order chi connectivity index (χ1) is 17.4. The summed E-state index contributed by atoms with van der Waals surface area (Å²) in [5.41, 5.74) is 1.54. The SMILES string of the molecule is COc1cc2c3c([nH]c2cc1F)C(c1cccc(O)c1)N1C(=O)N(CCCNC(C)(C)C)C(=O)[C@]1(C)C3. The van der Waals surface area contributed by atoms with Crippen molar-refractivity contribution in [3.63, 3.8) is 0 Å². The molecule has 9 heteroatoms. The number of benzene rings is 2. The Morgan fingerprint density at radius 1 is 1.24 bits per heavy atom. The van der Waals surface area contributed by atoms with Gasteiger partial charge in [0, 0.05) is 41.2 Å². The summed E-state index contributed by atoms with van der Waals surface area (Å²) >= 11 is 0. The Labute approximate surface area is 215 Å². The van der Waals surface area contributed by atoms with Crippen molar-refractivity contribution in [2.45, 2.75) is 57.7 Å². The highest BCUT2D eigenvalue weighted by Crippen LogP contribution is 2.49. The molecule has 1 fully saturated rings. The summed E-state index contributed by atoms with van der Waals surface area (Å²) in [6.45, 7) is 8.96. The molecule has 3 aromatic rings. The Bertz CT molecular complexity index is 1390. The molecule has 2 atom stereocenters. The maximum absolute atomic E-state index is 14.6. The molecule has 5 rings (SSSR count). The lowest BCUT2D eigenvalue weighted by molar-refractivity contribution is -0.133. The molecule has 1 aromatic heterocycles. The highest BCUT2D eigenvalue weighted by atomic mass is 19.1. The van der Waals surface area contributed by atoms with Crippen molar-refractivity contribution in [2.75, 3.05) is 20.2 Å². The van der Waals surface area contributed by atoms with Crippen LogP contribution >= 0.6 is 0 Å². The van der Waals surface area contributed by atoms with Crippen molar-refractivity contribution < 1.29 is 23.8 Å². The Morgan fingerprint density at radius 3 is 2.68 bits per heavy atom. The zero-order valence-electron chi connectivity index (χ0n) is 21.8. The molecular weight excluding hydrogens is 475 g/mol. The van der Waals surface area contributed by atoms with Gasteiger partial charge in [-0.25, -0.2) is 9.18 Å². The third-order valence-corrected chi connectivity index (χ3v) is 7.34. The first-order valence-corrected chi connectivity index (χ1v) is 12.5. The smallest absolute Gasteiger partial charge is 0.328 e. The number of ether oxygens (including phenoxy) is 1. The number of carbonyl (C=O) groups is 2. The molecule has 1 unspecified atom stereocenters. The van der Waals surface area contributed by atoms with Gasteiger partial charge in [0.1, 0.15) is 17.3 Å². The summed E-state index contributed by atoms with van der Waals surface area (Å²) in [5.74, 6) is -0.597. The Balaban J connectivity index is 1.60. The number of phenols is 1. The van der Waals surface area contributed by atoms with E-state index in [-0.39, 0.29) is 35.4 Å². The summed E-state index contributed by atoms with van der Waals surface area (Å²) in [6.07, 6.45) is 0.897. The van der Waals surface area contributed by atoms with Crippen molar-refractivity contribution in [3.05, 3.63) is 59.0 Å². The van der Waals surface area contributed by atoms with Crippen LogP contribution in [-0.4, -0.2) is 63.1 Å². The number of aromatic hydroxyl groups is 1. The average Bonchev–Trinajstić information content (AvgIpc) is 3.25. The number of nitrogens with zero attached hydrogens (tertiary/aromatic N) is 2. The number of aromatic nitrogens is 1. The van der Waals surface area contributed by atoms with Crippen LogP contribution < -0.4 is 10.1 Å². The molecule has 0 saturated carbocycles. The first-order valence-electron chi connectivity index (χ1n) is 12.5. The molecule has 3 N–H and O–H groups in total. The van der Waals surface area contributed by atoms with Crippen molar-refractivity contribution in [2.24, 2.45) is 0 Å². The maximum Gasteiger partial charge on any atom is 0.328 e. The number of fused-ring (bicyclic) bond motifs is 4. The average molecular weight is 509 g/mol. The maximum atomic E-state index is 14.6. The van der Waals surface area contributed by atoms with Gasteiger partial charge in [0.25, 0.3) is 5.91 Å². The van der Waals surface area contributed by atoms with E-state index in [0.717, 1.165) is 10.9 Å². The van der Waals surface area contributed by atoms with Crippen LogP contribution in [0.15, 0.2) is 36.4 Å². The van der Waals surface area contributed by atoms with Crippen LogP contribution in [0.2, 0.25) is 0 Å². The Hall–Kier alpha value is -3.59. The van der Waals surface area contributed by atoms with Crippen LogP contribution in [0.3, 0.4) is 0 Å². The summed E-state index contributed by atoms with van der Waals surface area (Å²) in [6, 6.07) is 8.65. The second kappa shape index (κ2) is 8.76. The predicted octanol–water partition coefficient (Wildman–Crippen LogP) is 4.47. The van der Waals surface area contributed by atoms with E-state index in [1.54, 1.807) is 36.1 Å². The standard InChI is InChI=1S/C28H33FN4O4/c1-27(2,3)30-10-7-11-32-25(35)28(4)15-19-18-13-22(37-5)20(29)14-21(18)31-23(19)24(33(28)26(32)36)16-8-6-9-17(34)12-16/h6,8-9,12-14,24,30-31,34H,7,10-11,15H2,1-5H3/t24?,28-/m0/s1. The Morgan fingerprint density at radius 2 is 2.00 bits per heavy atom. The van der Waals surface area contributed by atoms with Crippen LogP contribution in [-0.2, 0) is 11.2 Å². The van der Waals surface area contributed by atoms with E-state index in [1.165, 1.54) is 18.1 Å². The third kappa shape index (κ3) is 4.11. The molecule has 2 aliphatic rings. The molecule has 0 aliphatic carbocycles. The molecule has 3 heterocycles. The largest absolute Gasteiger partial charge is 0.508 e. The van der Waals surface area contributed by atoms with Gasteiger partial charge in [-0.15, -0.1) is 0 Å². The molecule has 3 amide bonds. The fourth-order valence-electron chi connectivity index (χ4n) is 5.61. The molecule has 2 aromatic carbocycles. The minimum Gasteiger partial charge on any atom is -0.508 e. The number of H-pyrrole nitrogens is 1. The van der Waals surface area contributed by atoms with Gasteiger partial charge in [-0.05, 0) is 70.0 Å². The minimum absolute atomic E-state index is 0.0539. The number of urea groups is 1. The van der Waals surface area contributed by atoms with E-state index in [2.05, 4.69) is 31.1 Å². The fourth-order valence-corrected chi connectivity index (χ4v) is 5.61. The van der Waals surface area contributed by atoms with Crippen LogP contribution in [0.25, 0.3) is 10.9 Å². The predicted molar refractivity (Wildman–Crippen MR) is 138 cm³/mol. The monoisotopic (exact) mass is 508 g/mol. The lowest BCUT2D eigenvalue weighted by Gasteiger charge is -2.42. The van der Waals surface area contributed by atoms with Gasteiger partial charge in [-0.3, -0.25) is 14.6 Å². The normalized spacial score (nSPS) is 21.5. The van der Waals surface area contributed by atoms with E-state index in [9.17, 15) is 19.1 Å². The zero-order valence-corrected chi connectivity index (χ0v) is 21.8. The molecule has 37 heavy (non-hydrogen) atoms. The van der Waals surface area contributed by atoms with Gasteiger partial charge in [-0.2, -0.15) is 0 Å². The van der Waals surface area contributed by atoms with Crippen LogP contribution in [0.4, 0.5) is 9.18 Å². The topological polar surface area (TPSA) is 97.9 Å². The van der Waals surface area contributed by atoms with Gasteiger partial charge in [-0.1, -0.05) is 12.1 Å². The summed E-state index contributed by atoms with van der Waals surface area (Å²) in [5, 5.41) is 14.4. The van der Waals surface area contributed by atoms with Crippen molar-refractivity contribution in [1.82, 2.24) is 20.1 Å². The minimum atomic E-state index is -1.14. The van der Waals surface area contributed by atoms with Gasteiger partial charge in [0.2, 0.25) is 0 Å². The molecule has 196 valence electrons. The number of rotatable bonds is 6. The van der Waals surface area contributed by atoms with Crippen LogP contribution in [0.1, 0.15) is 57.0 Å². The number of hydrogen-bond donors (Lipinski definition) is 3. The van der Waals surface area contributed by atoms with Gasteiger partial charge in [0.05, 0.1) is 7.11 Å². The van der Waals surface area contributed by atoms with E-state index >= 15 is 0 Å². The molecule has 0 radical (unpaired) electrons.